The second-order valence-corrected chi connectivity index (χ2v) is 8.11. The molecule has 1 fully saturated rings. The molecule has 0 bridgehead atoms. The highest BCUT2D eigenvalue weighted by molar-refractivity contribution is 7.89. The van der Waals surface area contributed by atoms with Crippen molar-refractivity contribution in [3.8, 4) is 11.5 Å². The number of ether oxygens (including phenoxy) is 2. The average molecular weight is 363 g/mol. The Morgan fingerprint density at radius 1 is 1.04 bits per heavy atom. The minimum Gasteiger partial charge on any atom is -0.486 e. The van der Waals surface area contributed by atoms with Crippen LogP contribution in [0.1, 0.15) is 24.0 Å². The average Bonchev–Trinajstić information content (AvgIpc) is 3.34. The maximum atomic E-state index is 13.3. The molecule has 25 heavy (non-hydrogen) atoms. The summed E-state index contributed by atoms with van der Waals surface area (Å²) in [6.07, 6.45) is 1.40. The van der Waals surface area contributed by atoms with Gasteiger partial charge in [-0.1, -0.05) is 6.07 Å². The zero-order valence-electron chi connectivity index (χ0n) is 13.7. The highest BCUT2D eigenvalue weighted by Crippen LogP contribution is 2.48. The normalized spacial score (nSPS) is 18.0. The quantitative estimate of drug-likeness (QED) is 0.907. The molecule has 1 saturated carbocycles. The van der Waals surface area contributed by atoms with Crippen molar-refractivity contribution in [2.75, 3.05) is 13.2 Å². The predicted molar refractivity (Wildman–Crippen MR) is 89.8 cm³/mol. The van der Waals surface area contributed by atoms with Crippen LogP contribution in [0.15, 0.2) is 41.3 Å². The van der Waals surface area contributed by atoms with Crippen molar-refractivity contribution < 1.29 is 22.3 Å². The first-order chi connectivity index (χ1) is 11.9. The van der Waals surface area contributed by atoms with Crippen molar-refractivity contribution in [1.82, 2.24) is 4.72 Å². The molecule has 4 rings (SSSR count). The second kappa shape index (κ2) is 5.71. The van der Waals surface area contributed by atoms with E-state index in [0.717, 1.165) is 11.6 Å². The number of hydrogen-bond acceptors (Lipinski definition) is 4. The number of aryl methyl sites for hydroxylation is 1. The predicted octanol–water partition coefficient (Wildman–Crippen LogP) is 2.87. The van der Waals surface area contributed by atoms with Crippen LogP contribution in [-0.2, 0) is 15.6 Å². The van der Waals surface area contributed by atoms with Crippen molar-refractivity contribution in [2.45, 2.75) is 30.2 Å². The van der Waals surface area contributed by atoms with Gasteiger partial charge >= 0.3 is 0 Å². The van der Waals surface area contributed by atoms with E-state index in [-0.39, 0.29) is 4.90 Å². The molecule has 1 aliphatic heterocycles. The van der Waals surface area contributed by atoms with Gasteiger partial charge in [0, 0.05) is 0 Å². The molecule has 2 aliphatic rings. The Balaban J connectivity index is 1.65. The molecular weight excluding hydrogens is 345 g/mol. The van der Waals surface area contributed by atoms with Crippen LogP contribution in [0.25, 0.3) is 0 Å². The Bertz CT molecular complexity index is 938. The summed E-state index contributed by atoms with van der Waals surface area (Å²) in [5, 5.41) is 0. The molecule has 0 spiro atoms. The zero-order chi connectivity index (χ0) is 17.7. The highest BCUT2D eigenvalue weighted by Gasteiger charge is 2.48. The van der Waals surface area contributed by atoms with E-state index in [9.17, 15) is 12.8 Å². The number of nitrogens with one attached hydrogen (secondary N) is 1. The molecule has 0 atom stereocenters. The summed E-state index contributed by atoms with van der Waals surface area (Å²) >= 11 is 0. The zero-order valence-corrected chi connectivity index (χ0v) is 14.5. The van der Waals surface area contributed by atoms with E-state index >= 15 is 0 Å². The van der Waals surface area contributed by atoms with Gasteiger partial charge in [0.1, 0.15) is 19.0 Å². The van der Waals surface area contributed by atoms with E-state index in [2.05, 4.69) is 4.72 Å². The smallest absolute Gasteiger partial charge is 0.241 e. The topological polar surface area (TPSA) is 64.6 Å². The maximum absolute atomic E-state index is 13.3. The van der Waals surface area contributed by atoms with Gasteiger partial charge in [0.25, 0.3) is 0 Å². The third kappa shape index (κ3) is 2.98. The van der Waals surface area contributed by atoms with Gasteiger partial charge in [-0.05, 0) is 61.2 Å². The fourth-order valence-corrected chi connectivity index (χ4v) is 4.82. The minimum atomic E-state index is -3.76. The van der Waals surface area contributed by atoms with Gasteiger partial charge in [-0.3, -0.25) is 0 Å². The molecule has 1 N–H and O–H groups in total. The summed E-state index contributed by atoms with van der Waals surface area (Å²) < 4.78 is 52.8. The molecule has 0 radical (unpaired) electrons. The van der Waals surface area contributed by atoms with Crippen molar-refractivity contribution >= 4 is 10.0 Å². The Kier molecular flexibility index (Phi) is 3.73. The molecule has 0 aromatic heterocycles. The molecule has 0 saturated heterocycles. The number of benzene rings is 2. The summed E-state index contributed by atoms with van der Waals surface area (Å²) in [5.74, 6) is 0.847. The summed E-state index contributed by atoms with van der Waals surface area (Å²) in [6, 6.07) is 9.18. The molecule has 1 heterocycles. The van der Waals surface area contributed by atoms with Crippen LogP contribution < -0.4 is 14.2 Å². The summed E-state index contributed by atoms with van der Waals surface area (Å²) in [7, 11) is -3.76. The standard InChI is InChI=1S/C18H18FNO4S/c1-12-10-14(19)3-5-17(12)25(21,22)20-18(6-7-18)13-2-4-15-16(11-13)24-9-8-23-15/h2-5,10-11,20H,6-9H2,1H3. The van der Waals surface area contributed by atoms with Crippen LogP contribution in [0.5, 0.6) is 11.5 Å². The van der Waals surface area contributed by atoms with Gasteiger partial charge in [-0.2, -0.15) is 0 Å². The van der Waals surface area contributed by atoms with Crippen LogP contribution in [0.2, 0.25) is 0 Å². The SMILES string of the molecule is Cc1cc(F)ccc1S(=O)(=O)NC1(c2ccc3c(c2)OCCO3)CC1. The molecule has 2 aromatic rings. The summed E-state index contributed by atoms with van der Waals surface area (Å²) in [5.41, 5.74) is 0.584. The van der Waals surface area contributed by atoms with Crippen LogP contribution >= 0.6 is 0 Å². The lowest BCUT2D eigenvalue weighted by atomic mass is 10.1. The monoisotopic (exact) mass is 363 g/mol. The van der Waals surface area contributed by atoms with Crippen LogP contribution in [0.3, 0.4) is 0 Å². The number of sulfonamides is 1. The van der Waals surface area contributed by atoms with Gasteiger partial charge in [-0.25, -0.2) is 17.5 Å². The minimum absolute atomic E-state index is 0.0951. The first kappa shape index (κ1) is 16.4. The fourth-order valence-electron chi connectivity index (χ4n) is 3.14. The maximum Gasteiger partial charge on any atom is 0.241 e. The van der Waals surface area contributed by atoms with E-state index < -0.39 is 21.4 Å². The van der Waals surface area contributed by atoms with Crippen LogP contribution in [0, 0.1) is 12.7 Å². The summed E-state index contributed by atoms with van der Waals surface area (Å²) in [4.78, 5) is 0.0951. The van der Waals surface area contributed by atoms with Gasteiger partial charge in [-0.15, -0.1) is 0 Å². The Morgan fingerprint density at radius 2 is 1.76 bits per heavy atom. The molecule has 1 aliphatic carbocycles. The first-order valence-electron chi connectivity index (χ1n) is 8.10. The van der Waals surface area contributed by atoms with Crippen molar-refractivity contribution in [1.29, 1.82) is 0 Å². The van der Waals surface area contributed by atoms with Crippen molar-refractivity contribution in [2.24, 2.45) is 0 Å². The lowest BCUT2D eigenvalue weighted by Crippen LogP contribution is -2.35. The van der Waals surface area contributed by atoms with E-state index in [4.69, 9.17) is 9.47 Å². The molecule has 7 heteroatoms. The van der Waals surface area contributed by atoms with E-state index in [1.54, 1.807) is 13.0 Å². The van der Waals surface area contributed by atoms with Gasteiger partial charge in [0.05, 0.1) is 10.4 Å². The van der Waals surface area contributed by atoms with Gasteiger partial charge in [0.2, 0.25) is 10.0 Å². The van der Waals surface area contributed by atoms with E-state index in [1.165, 1.54) is 12.1 Å². The van der Waals surface area contributed by atoms with Crippen molar-refractivity contribution in [3.63, 3.8) is 0 Å². The molecule has 132 valence electrons. The third-order valence-electron chi connectivity index (χ3n) is 4.60. The molecular formula is C18H18FNO4S. The Labute approximate surface area is 145 Å². The van der Waals surface area contributed by atoms with E-state index in [0.29, 0.717) is 43.1 Å². The van der Waals surface area contributed by atoms with Crippen LogP contribution in [0.4, 0.5) is 4.39 Å². The van der Waals surface area contributed by atoms with Crippen molar-refractivity contribution in [3.05, 3.63) is 53.3 Å². The lowest BCUT2D eigenvalue weighted by molar-refractivity contribution is 0.171. The number of hydrogen-bond donors (Lipinski definition) is 1. The molecule has 5 nitrogen and oxygen atoms in total. The Hall–Kier alpha value is -2.12. The molecule has 0 unspecified atom stereocenters. The van der Waals surface area contributed by atoms with Gasteiger partial charge in [0.15, 0.2) is 11.5 Å². The first-order valence-corrected chi connectivity index (χ1v) is 9.58. The lowest BCUT2D eigenvalue weighted by Gasteiger charge is -2.23. The summed E-state index contributed by atoms with van der Waals surface area (Å²) in [6.45, 7) is 2.57. The van der Waals surface area contributed by atoms with Gasteiger partial charge < -0.3 is 9.47 Å². The Morgan fingerprint density at radius 3 is 2.44 bits per heavy atom. The van der Waals surface area contributed by atoms with E-state index in [1.807, 2.05) is 12.1 Å². The largest absolute Gasteiger partial charge is 0.486 e. The number of rotatable bonds is 4. The fraction of sp³-hybridized carbons (Fsp3) is 0.333. The third-order valence-corrected chi connectivity index (χ3v) is 6.30. The number of halogens is 1. The molecule has 0 amide bonds. The molecule has 2 aromatic carbocycles. The second-order valence-electron chi connectivity index (χ2n) is 6.46. The number of fused-ring (bicyclic) bond motifs is 1. The van der Waals surface area contributed by atoms with Crippen LogP contribution in [-0.4, -0.2) is 21.6 Å². The highest BCUT2D eigenvalue weighted by atomic mass is 32.2.